The summed E-state index contributed by atoms with van der Waals surface area (Å²) in [5.41, 5.74) is 0. The van der Waals surface area contributed by atoms with Crippen LogP contribution in [0.15, 0.2) is 33.4 Å². The van der Waals surface area contributed by atoms with Gasteiger partial charge in [-0.05, 0) is 19.1 Å². The van der Waals surface area contributed by atoms with Crippen LogP contribution in [0.25, 0.3) is 0 Å². The molecule has 0 saturated carbocycles. The van der Waals surface area contributed by atoms with Gasteiger partial charge in [0.2, 0.25) is 11.8 Å². The Balaban J connectivity index is 1.46. The average molecular weight is 346 g/mol. The van der Waals surface area contributed by atoms with Crippen molar-refractivity contribution in [3.8, 4) is 0 Å². The lowest BCUT2D eigenvalue weighted by Crippen LogP contribution is -2.51. The lowest BCUT2D eigenvalue weighted by Gasteiger charge is -2.34. The number of hydrogen-bond donors (Lipinski definition) is 1. The van der Waals surface area contributed by atoms with Crippen LogP contribution in [-0.4, -0.2) is 58.9 Å². The summed E-state index contributed by atoms with van der Waals surface area (Å²) in [6, 6.07) is 4.83. The second kappa shape index (κ2) is 7.20. The molecule has 132 valence electrons. The van der Waals surface area contributed by atoms with E-state index in [1.54, 1.807) is 34.9 Å². The fraction of sp³-hybridized carbons (Fsp3) is 0.375. The molecule has 0 aromatic carbocycles. The molecule has 1 aliphatic rings. The molecule has 0 radical (unpaired) electrons. The highest BCUT2D eigenvalue weighted by Gasteiger charge is 2.27. The van der Waals surface area contributed by atoms with Gasteiger partial charge in [0.15, 0.2) is 11.6 Å². The highest BCUT2D eigenvalue weighted by atomic mass is 16.5. The van der Waals surface area contributed by atoms with E-state index in [1.807, 2.05) is 0 Å². The normalized spacial score (nSPS) is 14.4. The summed E-state index contributed by atoms with van der Waals surface area (Å²) < 4.78 is 9.94. The highest BCUT2D eigenvalue weighted by Crippen LogP contribution is 2.11. The van der Waals surface area contributed by atoms with E-state index >= 15 is 0 Å². The van der Waals surface area contributed by atoms with E-state index in [2.05, 4.69) is 10.5 Å². The van der Waals surface area contributed by atoms with Crippen LogP contribution in [-0.2, 0) is 9.59 Å². The molecule has 0 unspecified atom stereocenters. The molecule has 3 rings (SSSR count). The van der Waals surface area contributed by atoms with E-state index in [9.17, 15) is 14.4 Å². The molecule has 3 amide bonds. The molecule has 9 heteroatoms. The Morgan fingerprint density at radius 2 is 1.92 bits per heavy atom. The molecule has 1 saturated heterocycles. The summed E-state index contributed by atoms with van der Waals surface area (Å²) in [5, 5.41) is 6.15. The fourth-order valence-electron chi connectivity index (χ4n) is 2.58. The maximum atomic E-state index is 12.2. The van der Waals surface area contributed by atoms with Gasteiger partial charge in [-0.3, -0.25) is 14.4 Å². The third-order valence-electron chi connectivity index (χ3n) is 3.86. The van der Waals surface area contributed by atoms with Gasteiger partial charge in [-0.1, -0.05) is 5.16 Å². The number of hydrogen-bond acceptors (Lipinski definition) is 6. The summed E-state index contributed by atoms with van der Waals surface area (Å²) >= 11 is 0. The van der Waals surface area contributed by atoms with Crippen molar-refractivity contribution in [2.75, 3.05) is 31.5 Å². The van der Waals surface area contributed by atoms with Crippen molar-refractivity contribution in [3.63, 3.8) is 0 Å². The molecule has 1 aliphatic heterocycles. The Morgan fingerprint density at radius 3 is 2.52 bits per heavy atom. The number of anilines is 1. The second-order valence-electron chi connectivity index (χ2n) is 5.70. The number of amides is 3. The summed E-state index contributed by atoms with van der Waals surface area (Å²) in [4.78, 5) is 39.5. The number of aryl methyl sites for hydroxylation is 1. The molecule has 0 bridgehead atoms. The highest BCUT2D eigenvalue weighted by molar-refractivity contribution is 6.03. The van der Waals surface area contributed by atoms with Gasteiger partial charge in [0.1, 0.15) is 12.2 Å². The summed E-state index contributed by atoms with van der Waals surface area (Å²) in [5.74, 6) is 0.191. The third kappa shape index (κ3) is 4.06. The number of carbonyl (C=O) groups excluding carboxylic acids is 3. The number of aromatic nitrogens is 1. The van der Waals surface area contributed by atoms with E-state index < -0.39 is 5.91 Å². The van der Waals surface area contributed by atoms with Crippen molar-refractivity contribution >= 4 is 23.5 Å². The minimum atomic E-state index is -0.451. The van der Waals surface area contributed by atoms with Crippen molar-refractivity contribution in [2.45, 2.75) is 13.3 Å². The van der Waals surface area contributed by atoms with Gasteiger partial charge in [-0.2, -0.15) is 0 Å². The number of piperazine rings is 1. The zero-order valence-corrected chi connectivity index (χ0v) is 13.7. The second-order valence-corrected chi connectivity index (χ2v) is 5.70. The van der Waals surface area contributed by atoms with Gasteiger partial charge in [0, 0.05) is 32.2 Å². The Hall–Kier alpha value is -3.10. The molecular weight excluding hydrogens is 328 g/mol. The topological polar surface area (TPSA) is 109 Å². The first-order valence-corrected chi connectivity index (χ1v) is 7.86. The van der Waals surface area contributed by atoms with Crippen molar-refractivity contribution in [3.05, 3.63) is 36.0 Å². The number of furan rings is 1. The van der Waals surface area contributed by atoms with E-state index in [-0.39, 0.29) is 29.8 Å². The van der Waals surface area contributed by atoms with Crippen molar-refractivity contribution in [2.24, 2.45) is 0 Å². The predicted octanol–water partition coefficient (Wildman–Crippen LogP) is 0.889. The molecule has 2 aromatic heterocycles. The van der Waals surface area contributed by atoms with Crippen LogP contribution >= 0.6 is 0 Å². The molecular formula is C16H18N4O5. The minimum absolute atomic E-state index is 0.198. The SMILES string of the molecule is Cc1cc(NC(=O)CC(=O)N2CCN(C(=O)c3ccco3)CC2)no1. The Labute approximate surface area is 143 Å². The average Bonchev–Trinajstić information content (AvgIpc) is 3.26. The van der Waals surface area contributed by atoms with Crippen molar-refractivity contribution < 1.29 is 23.3 Å². The maximum absolute atomic E-state index is 12.2. The van der Waals surface area contributed by atoms with Crippen LogP contribution in [0.4, 0.5) is 5.82 Å². The Bertz CT molecular complexity index is 759. The lowest BCUT2D eigenvalue weighted by atomic mass is 10.2. The lowest BCUT2D eigenvalue weighted by molar-refractivity contribution is -0.135. The Morgan fingerprint density at radius 1 is 1.20 bits per heavy atom. The molecule has 0 atom stereocenters. The van der Waals surface area contributed by atoms with Crippen LogP contribution in [0.1, 0.15) is 22.7 Å². The van der Waals surface area contributed by atoms with Gasteiger partial charge >= 0.3 is 0 Å². The first-order chi connectivity index (χ1) is 12.0. The van der Waals surface area contributed by atoms with Crippen LogP contribution < -0.4 is 5.32 Å². The van der Waals surface area contributed by atoms with Crippen LogP contribution in [0, 0.1) is 6.92 Å². The first kappa shape index (κ1) is 16.7. The van der Waals surface area contributed by atoms with Gasteiger partial charge in [0.25, 0.3) is 5.91 Å². The zero-order chi connectivity index (χ0) is 17.8. The fourth-order valence-corrected chi connectivity index (χ4v) is 2.58. The molecule has 9 nitrogen and oxygen atoms in total. The standard InChI is InChI=1S/C16H18N4O5/c1-11-9-13(18-25-11)17-14(21)10-15(22)19-4-6-20(7-5-19)16(23)12-3-2-8-24-12/h2-3,8-9H,4-7,10H2,1H3,(H,17,18,21). The van der Waals surface area contributed by atoms with Gasteiger partial charge < -0.3 is 24.1 Å². The predicted molar refractivity (Wildman–Crippen MR) is 85.7 cm³/mol. The van der Waals surface area contributed by atoms with E-state index in [0.717, 1.165) is 0 Å². The summed E-state index contributed by atoms with van der Waals surface area (Å²) in [6.45, 7) is 3.26. The molecule has 0 spiro atoms. The summed E-state index contributed by atoms with van der Waals surface area (Å²) in [7, 11) is 0. The van der Waals surface area contributed by atoms with E-state index in [0.29, 0.717) is 31.9 Å². The van der Waals surface area contributed by atoms with Gasteiger partial charge in [-0.25, -0.2) is 0 Å². The van der Waals surface area contributed by atoms with Gasteiger partial charge in [-0.15, -0.1) is 0 Å². The van der Waals surface area contributed by atoms with Crippen molar-refractivity contribution in [1.29, 1.82) is 0 Å². The maximum Gasteiger partial charge on any atom is 0.289 e. The summed E-state index contributed by atoms with van der Waals surface area (Å²) in [6.07, 6.45) is 1.17. The van der Waals surface area contributed by atoms with E-state index in [4.69, 9.17) is 8.94 Å². The molecule has 25 heavy (non-hydrogen) atoms. The Kier molecular flexibility index (Phi) is 4.82. The largest absolute Gasteiger partial charge is 0.459 e. The van der Waals surface area contributed by atoms with Gasteiger partial charge in [0.05, 0.1) is 6.26 Å². The first-order valence-electron chi connectivity index (χ1n) is 7.86. The molecule has 1 fully saturated rings. The monoisotopic (exact) mass is 346 g/mol. The molecule has 3 heterocycles. The molecule has 0 aliphatic carbocycles. The van der Waals surface area contributed by atoms with Crippen LogP contribution in [0.5, 0.6) is 0 Å². The smallest absolute Gasteiger partial charge is 0.289 e. The number of carbonyl (C=O) groups is 3. The third-order valence-corrected chi connectivity index (χ3v) is 3.86. The minimum Gasteiger partial charge on any atom is -0.459 e. The number of nitrogens with zero attached hydrogens (tertiary/aromatic N) is 3. The zero-order valence-electron chi connectivity index (χ0n) is 13.7. The van der Waals surface area contributed by atoms with Crippen LogP contribution in [0.2, 0.25) is 0 Å². The quantitative estimate of drug-likeness (QED) is 0.824. The number of nitrogens with one attached hydrogen (secondary N) is 1. The molecule has 1 N–H and O–H groups in total. The molecule has 2 aromatic rings. The van der Waals surface area contributed by atoms with Crippen molar-refractivity contribution in [1.82, 2.24) is 15.0 Å². The number of rotatable bonds is 4. The van der Waals surface area contributed by atoms with E-state index in [1.165, 1.54) is 6.26 Å². The van der Waals surface area contributed by atoms with Crippen LogP contribution in [0.3, 0.4) is 0 Å².